The Morgan fingerprint density at radius 1 is 1.39 bits per heavy atom. The van der Waals surface area contributed by atoms with Gasteiger partial charge in [-0.25, -0.2) is 0 Å². The van der Waals surface area contributed by atoms with Crippen LogP contribution in [0.2, 0.25) is 0 Å². The number of amides is 1. The van der Waals surface area contributed by atoms with Crippen molar-refractivity contribution in [2.75, 3.05) is 6.54 Å². The van der Waals surface area contributed by atoms with Crippen molar-refractivity contribution in [3.8, 4) is 0 Å². The minimum Gasteiger partial charge on any atom is -0.351 e. The van der Waals surface area contributed by atoms with E-state index in [1.807, 2.05) is 30.3 Å². The van der Waals surface area contributed by atoms with Crippen LogP contribution in [0.4, 0.5) is 0 Å². The summed E-state index contributed by atoms with van der Waals surface area (Å²) in [5.41, 5.74) is 1.15. The number of benzene rings is 1. The second-order valence-electron chi connectivity index (χ2n) is 5.01. The fourth-order valence-electron chi connectivity index (χ4n) is 2.47. The summed E-state index contributed by atoms with van der Waals surface area (Å²) in [4.78, 5) is 12.1. The highest BCUT2D eigenvalue weighted by Crippen LogP contribution is 2.19. The van der Waals surface area contributed by atoms with Crippen LogP contribution in [0.15, 0.2) is 30.3 Å². The van der Waals surface area contributed by atoms with Crippen molar-refractivity contribution in [2.24, 2.45) is 5.92 Å². The van der Waals surface area contributed by atoms with E-state index in [0.717, 1.165) is 18.5 Å². The molecule has 2 N–H and O–H groups in total. The van der Waals surface area contributed by atoms with Gasteiger partial charge in [0.05, 0.1) is 6.04 Å². The van der Waals surface area contributed by atoms with Gasteiger partial charge in [-0.15, -0.1) is 0 Å². The topological polar surface area (TPSA) is 41.1 Å². The predicted molar refractivity (Wildman–Crippen MR) is 73.1 cm³/mol. The maximum Gasteiger partial charge on any atom is 0.237 e. The smallest absolute Gasteiger partial charge is 0.237 e. The standard InChI is InChI=1S/C15H22N2O/c1-2-12-8-9-16-14(10-12)15(18)17-11-13-6-4-3-5-7-13/h3-7,12,14,16H,2,8-11H2,1H3,(H,17,18). The van der Waals surface area contributed by atoms with E-state index in [0.29, 0.717) is 12.5 Å². The maximum atomic E-state index is 12.1. The first-order valence-corrected chi connectivity index (χ1v) is 6.84. The summed E-state index contributed by atoms with van der Waals surface area (Å²) >= 11 is 0. The van der Waals surface area contributed by atoms with Crippen molar-refractivity contribution in [3.63, 3.8) is 0 Å². The third kappa shape index (κ3) is 3.57. The van der Waals surface area contributed by atoms with Gasteiger partial charge >= 0.3 is 0 Å². The van der Waals surface area contributed by atoms with E-state index in [1.165, 1.54) is 12.8 Å². The molecule has 1 amide bonds. The van der Waals surface area contributed by atoms with Gasteiger partial charge in [0.15, 0.2) is 0 Å². The van der Waals surface area contributed by atoms with E-state index in [2.05, 4.69) is 17.6 Å². The Bertz CT molecular complexity index is 377. The number of piperidine rings is 1. The number of carbonyl (C=O) groups is 1. The molecule has 2 rings (SSSR count). The molecule has 0 aromatic heterocycles. The number of nitrogens with one attached hydrogen (secondary N) is 2. The Balaban J connectivity index is 1.81. The van der Waals surface area contributed by atoms with Crippen LogP contribution >= 0.6 is 0 Å². The minimum absolute atomic E-state index is 0.00703. The van der Waals surface area contributed by atoms with E-state index in [-0.39, 0.29) is 11.9 Å². The summed E-state index contributed by atoms with van der Waals surface area (Å²) in [5, 5.41) is 6.32. The second-order valence-corrected chi connectivity index (χ2v) is 5.01. The van der Waals surface area contributed by atoms with Gasteiger partial charge in [-0.05, 0) is 30.9 Å². The van der Waals surface area contributed by atoms with Gasteiger partial charge in [-0.2, -0.15) is 0 Å². The first-order valence-electron chi connectivity index (χ1n) is 6.84. The van der Waals surface area contributed by atoms with Gasteiger partial charge in [0.25, 0.3) is 0 Å². The highest BCUT2D eigenvalue weighted by molar-refractivity contribution is 5.81. The van der Waals surface area contributed by atoms with Crippen LogP contribution in [-0.4, -0.2) is 18.5 Å². The van der Waals surface area contributed by atoms with E-state index >= 15 is 0 Å². The van der Waals surface area contributed by atoms with E-state index in [1.54, 1.807) is 0 Å². The van der Waals surface area contributed by atoms with Crippen molar-refractivity contribution in [1.29, 1.82) is 0 Å². The van der Waals surface area contributed by atoms with Gasteiger partial charge in [-0.3, -0.25) is 4.79 Å². The van der Waals surface area contributed by atoms with Crippen molar-refractivity contribution < 1.29 is 4.79 Å². The molecule has 1 aromatic rings. The van der Waals surface area contributed by atoms with Crippen LogP contribution in [0.5, 0.6) is 0 Å². The summed E-state index contributed by atoms with van der Waals surface area (Å²) in [6.45, 7) is 3.78. The molecule has 1 aliphatic heterocycles. The molecule has 18 heavy (non-hydrogen) atoms. The number of hydrogen-bond acceptors (Lipinski definition) is 2. The van der Waals surface area contributed by atoms with Crippen molar-refractivity contribution in [3.05, 3.63) is 35.9 Å². The first-order chi connectivity index (χ1) is 8.79. The predicted octanol–water partition coefficient (Wildman–Crippen LogP) is 2.08. The lowest BCUT2D eigenvalue weighted by Gasteiger charge is -2.28. The zero-order chi connectivity index (χ0) is 12.8. The quantitative estimate of drug-likeness (QED) is 0.854. The van der Waals surface area contributed by atoms with Gasteiger partial charge in [0.2, 0.25) is 5.91 Å². The molecule has 0 spiro atoms. The van der Waals surface area contributed by atoms with E-state index in [9.17, 15) is 4.79 Å². The van der Waals surface area contributed by atoms with Gasteiger partial charge in [0.1, 0.15) is 0 Å². The Hall–Kier alpha value is -1.35. The third-order valence-corrected chi connectivity index (χ3v) is 3.72. The molecule has 3 nitrogen and oxygen atoms in total. The van der Waals surface area contributed by atoms with Crippen molar-refractivity contribution >= 4 is 5.91 Å². The highest BCUT2D eigenvalue weighted by atomic mass is 16.2. The molecule has 2 atom stereocenters. The van der Waals surface area contributed by atoms with Gasteiger partial charge in [-0.1, -0.05) is 43.7 Å². The third-order valence-electron chi connectivity index (χ3n) is 3.72. The number of rotatable bonds is 4. The molecule has 98 valence electrons. The van der Waals surface area contributed by atoms with Crippen LogP contribution in [0.1, 0.15) is 31.7 Å². The van der Waals surface area contributed by atoms with Gasteiger partial charge < -0.3 is 10.6 Å². The molecule has 0 radical (unpaired) electrons. The monoisotopic (exact) mass is 246 g/mol. The lowest BCUT2D eigenvalue weighted by molar-refractivity contribution is -0.124. The Labute approximate surface area is 109 Å². The zero-order valence-corrected chi connectivity index (χ0v) is 11.0. The number of carbonyl (C=O) groups excluding carboxylic acids is 1. The largest absolute Gasteiger partial charge is 0.351 e. The van der Waals surface area contributed by atoms with Gasteiger partial charge in [0, 0.05) is 6.54 Å². The number of hydrogen-bond donors (Lipinski definition) is 2. The molecule has 0 bridgehead atoms. The average Bonchev–Trinajstić information content (AvgIpc) is 2.46. The summed E-state index contributed by atoms with van der Waals surface area (Å²) in [7, 11) is 0. The van der Waals surface area contributed by atoms with Crippen LogP contribution in [0.3, 0.4) is 0 Å². The minimum atomic E-state index is -0.00703. The molecule has 3 heteroatoms. The molecule has 1 aliphatic rings. The van der Waals surface area contributed by atoms with Crippen molar-refractivity contribution in [1.82, 2.24) is 10.6 Å². The molecular weight excluding hydrogens is 224 g/mol. The molecule has 2 unspecified atom stereocenters. The lowest BCUT2D eigenvalue weighted by atomic mass is 9.90. The Morgan fingerprint density at radius 2 is 2.17 bits per heavy atom. The fourth-order valence-corrected chi connectivity index (χ4v) is 2.47. The summed E-state index contributed by atoms with van der Waals surface area (Å²) in [6, 6.07) is 10.0. The summed E-state index contributed by atoms with van der Waals surface area (Å²) < 4.78 is 0. The molecule has 0 aliphatic carbocycles. The Kier molecular flexibility index (Phi) is 4.76. The molecule has 1 aromatic carbocycles. The molecule has 1 fully saturated rings. The molecule has 1 saturated heterocycles. The maximum absolute atomic E-state index is 12.1. The average molecular weight is 246 g/mol. The second kappa shape index (κ2) is 6.55. The van der Waals surface area contributed by atoms with Crippen LogP contribution in [0.25, 0.3) is 0 Å². The zero-order valence-electron chi connectivity index (χ0n) is 11.0. The van der Waals surface area contributed by atoms with Crippen LogP contribution < -0.4 is 10.6 Å². The molecule has 1 heterocycles. The highest BCUT2D eigenvalue weighted by Gasteiger charge is 2.25. The van der Waals surface area contributed by atoms with E-state index < -0.39 is 0 Å². The normalized spacial score (nSPS) is 23.6. The molecular formula is C15H22N2O. The summed E-state index contributed by atoms with van der Waals surface area (Å²) in [5.74, 6) is 0.829. The lowest BCUT2D eigenvalue weighted by Crippen LogP contribution is -2.48. The van der Waals surface area contributed by atoms with Crippen LogP contribution in [0, 0.1) is 5.92 Å². The van der Waals surface area contributed by atoms with Crippen molar-refractivity contribution in [2.45, 2.75) is 38.8 Å². The molecule has 0 saturated carbocycles. The summed E-state index contributed by atoms with van der Waals surface area (Å²) in [6.07, 6.45) is 3.33. The first kappa shape index (κ1) is 13.1. The Morgan fingerprint density at radius 3 is 2.89 bits per heavy atom. The SMILES string of the molecule is CCC1CCNC(C(=O)NCc2ccccc2)C1. The fraction of sp³-hybridized carbons (Fsp3) is 0.533. The van der Waals surface area contributed by atoms with E-state index in [4.69, 9.17) is 0 Å². The van der Waals surface area contributed by atoms with Crippen LogP contribution in [-0.2, 0) is 11.3 Å².